The van der Waals surface area contributed by atoms with Crippen LogP contribution < -0.4 is 5.32 Å². The molecule has 2 aromatic carbocycles. The number of carbonyl (C=O) groups excluding carboxylic acids is 4. The Hall–Kier alpha value is -4.46. The van der Waals surface area contributed by atoms with Crippen LogP contribution in [0.15, 0.2) is 42.5 Å². The number of amides is 4. The van der Waals surface area contributed by atoms with Crippen molar-refractivity contribution in [1.29, 1.82) is 0 Å². The largest absolute Gasteiger partial charge is 0.367 e. The van der Waals surface area contributed by atoms with Gasteiger partial charge in [-0.05, 0) is 29.7 Å². The van der Waals surface area contributed by atoms with Gasteiger partial charge in [0.1, 0.15) is 24.2 Å². The Morgan fingerprint density at radius 1 is 1.11 bits per heavy atom. The zero-order chi connectivity index (χ0) is 31.2. The van der Waals surface area contributed by atoms with Gasteiger partial charge in [0.05, 0.1) is 12.2 Å². The van der Waals surface area contributed by atoms with Crippen molar-refractivity contribution in [3.8, 4) is 0 Å². The van der Waals surface area contributed by atoms with E-state index in [0.717, 1.165) is 16.8 Å². The van der Waals surface area contributed by atoms with Gasteiger partial charge in [0.25, 0.3) is 11.8 Å². The van der Waals surface area contributed by atoms with Gasteiger partial charge in [-0.15, -0.1) is 0 Å². The summed E-state index contributed by atoms with van der Waals surface area (Å²) < 4.78 is 21.0. The van der Waals surface area contributed by atoms with Crippen LogP contribution in [0.3, 0.4) is 0 Å². The second kappa shape index (κ2) is 11.8. The van der Waals surface area contributed by atoms with Crippen LogP contribution in [0.2, 0.25) is 0 Å². The summed E-state index contributed by atoms with van der Waals surface area (Å²) >= 11 is 0. The van der Waals surface area contributed by atoms with E-state index in [-0.39, 0.29) is 42.9 Å². The molecule has 4 aliphatic rings. The van der Waals surface area contributed by atoms with E-state index in [2.05, 4.69) is 31.5 Å². The normalized spacial score (nSPS) is 22.8. The van der Waals surface area contributed by atoms with Crippen LogP contribution in [0.5, 0.6) is 0 Å². The minimum Gasteiger partial charge on any atom is -0.367 e. The summed E-state index contributed by atoms with van der Waals surface area (Å²) in [5.74, 6) is -1.85. The fourth-order valence-electron chi connectivity index (χ4n) is 6.93. The lowest BCUT2D eigenvalue weighted by Gasteiger charge is -2.41. The van der Waals surface area contributed by atoms with Crippen molar-refractivity contribution >= 4 is 23.6 Å². The third kappa shape index (κ3) is 5.30. The number of hydrogen-bond donors (Lipinski definition) is 2. The zero-order valence-electron chi connectivity index (χ0n) is 24.8. The minimum absolute atomic E-state index is 0.143. The average Bonchev–Trinajstić information content (AvgIpc) is 3.72. The molecule has 2 unspecified atom stereocenters. The number of halogens is 1. The lowest BCUT2D eigenvalue weighted by atomic mass is 10.0. The summed E-state index contributed by atoms with van der Waals surface area (Å²) in [6, 6.07) is 11.7. The first-order chi connectivity index (χ1) is 21.8. The molecule has 5 heterocycles. The van der Waals surface area contributed by atoms with Gasteiger partial charge in [-0.2, -0.15) is 5.10 Å². The molecule has 1 radical (unpaired) electrons. The van der Waals surface area contributed by atoms with Crippen molar-refractivity contribution in [1.82, 2.24) is 35.1 Å². The molecule has 2 fully saturated rings. The van der Waals surface area contributed by atoms with Crippen LogP contribution in [0.25, 0.3) is 0 Å². The molecular weight excluding hydrogens is 581 g/mol. The predicted octanol–water partition coefficient (Wildman–Crippen LogP) is 1.66. The summed E-state index contributed by atoms with van der Waals surface area (Å²) in [6.45, 7) is 3.45. The second-order valence-electron chi connectivity index (χ2n) is 11.9. The highest BCUT2D eigenvalue weighted by molar-refractivity contribution is 6.05. The number of aromatic amines is 1. The third-order valence-corrected chi connectivity index (χ3v) is 9.26. The number of carbonyl (C=O) groups is 4. The molecule has 0 saturated carbocycles. The second-order valence-corrected chi connectivity index (χ2v) is 11.9. The lowest BCUT2D eigenvalue weighted by Crippen LogP contribution is -2.52. The first-order valence-electron chi connectivity index (χ1n) is 15.1. The number of hydrogen-bond acceptors (Lipinski definition) is 8. The number of nitrogens with one attached hydrogen (secondary N) is 2. The van der Waals surface area contributed by atoms with Crippen LogP contribution in [0, 0.1) is 12.0 Å². The van der Waals surface area contributed by atoms with E-state index in [1.165, 1.54) is 18.1 Å². The number of imide groups is 1. The van der Waals surface area contributed by atoms with E-state index in [4.69, 9.17) is 4.74 Å². The Morgan fingerprint density at radius 2 is 1.89 bits per heavy atom. The van der Waals surface area contributed by atoms with E-state index in [1.807, 2.05) is 35.2 Å². The standard InChI is InChI=1S/C32H33FN7O5/c1-45-28(19-5-3-2-4-6-19)32(44)40-18-25-23(15-34-36-25)30(40)38-11-9-37(10-12-38)16-21-13-20-17-39(31(43)22(20)14-24(21)33)26-7-8-27(41)35-29(26)42/h2-6,13-14,26,28,30H,7-12,16-18H2,1H3,(H,34,36)(H,35,41,42)/t26?,28-,30?/m1/s1. The lowest BCUT2D eigenvalue weighted by molar-refractivity contribution is -0.150. The van der Waals surface area contributed by atoms with Gasteiger partial charge in [0.15, 0.2) is 6.10 Å². The number of rotatable bonds is 7. The molecule has 2 saturated heterocycles. The van der Waals surface area contributed by atoms with Crippen LogP contribution in [0.4, 0.5) is 4.39 Å². The first-order valence-corrected chi connectivity index (χ1v) is 15.1. The highest BCUT2D eigenvalue weighted by Crippen LogP contribution is 2.38. The Labute approximate surface area is 259 Å². The predicted molar refractivity (Wildman–Crippen MR) is 156 cm³/mol. The molecule has 7 rings (SSSR count). The van der Waals surface area contributed by atoms with Crippen LogP contribution in [-0.4, -0.2) is 92.8 Å². The number of piperazine rings is 1. The van der Waals surface area contributed by atoms with Gasteiger partial charge in [-0.25, -0.2) is 4.39 Å². The van der Waals surface area contributed by atoms with Crippen molar-refractivity contribution in [2.45, 2.75) is 50.8 Å². The maximum absolute atomic E-state index is 15.3. The quantitative estimate of drug-likeness (QED) is 0.385. The smallest absolute Gasteiger partial charge is 0.258 e. The molecule has 233 valence electrons. The van der Waals surface area contributed by atoms with E-state index in [1.54, 1.807) is 6.07 Å². The highest BCUT2D eigenvalue weighted by atomic mass is 19.1. The molecule has 45 heavy (non-hydrogen) atoms. The molecule has 1 aromatic heterocycles. The first kappa shape index (κ1) is 29.3. The van der Waals surface area contributed by atoms with Crippen molar-refractivity contribution < 1.29 is 28.3 Å². The number of benzene rings is 2. The molecular formula is C32H33FN7O5. The highest BCUT2D eigenvalue weighted by Gasteiger charge is 2.43. The maximum atomic E-state index is 15.3. The Kier molecular flexibility index (Phi) is 7.68. The number of nitrogens with zero attached hydrogens (tertiary/aromatic N) is 5. The van der Waals surface area contributed by atoms with Crippen LogP contribution in [0.1, 0.15) is 63.4 Å². The van der Waals surface area contributed by atoms with Gasteiger partial charge in [0.2, 0.25) is 11.8 Å². The van der Waals surface area contributed by atoms with Crippen molar-refractivity contribution in [3.63, 3.8) is 0 Å². The summed E-state index contributed by atoms with van der Waals surface area (Å²) in [5.41, 5.74) is 3.88. The topological polar surface area (TPSA) is 131 Å². The molecule has 0 aliphatic carbocycles. The molecule has 0 bridgehead atoms. The van der Waals surface area contributed by atoms with E-state index < -0.39 is 29.8 Å². The third-order valence-electron chi connectivity index (χ3n) is 9.26. The molecule has 12 nitrogen and oxygen atoms in total. The molecule has 13 heteroatoms. The van der Waals surface area contributed by atoms with Gasteiger partial charge >= 0.3 is 0 Å². The fourth-order valence-corrected chi connectivity index (χ4v) is 6.93. The summed E-state index contributed by atoms with van der Waals surface area (Å²) in [5, 5.41) is 9.38. The summed E-state index contributed by atoms with van der Waals surface area (Å²) in [7, 11) is 1.53. The Morgan fingerprint density at radius 3 is 2.62 bits per heavy atom. The van der Waals surface area contributed by atoms with Crippen molar-refractivity contribution in [3.05, 3.63) is 88.0 Å². The number of ether oxygens (including phenoxy) is 1. The van der Waals surface area contributed by atoms with Gasteiger partial charge < -0.3 is 14.5 Å². The molecule has 4 aliphatic heterocycles. The Bertz CT molecular complexity index is 1650. The van der Waals surface area contributed by atoms with Gasteiger partial charge in [0, 0.05) is 69.5 Å². The minimum atomic E-state index is -0.746. The van der Waals surface area contributed by atoms with Crippen LogP contribution >= 0.6 is 0 Å². The maximum Gasteiger partial charge on any atom is 0.258 e. The summed E-state index contributed by atoms with van der Waals surface area (Å²) in [4.78, 5) is 58.4. The van der Waals surface area contributed by atoms with E-state index in [9.17, 15) is 19.2 Å². The molecule has 0 spiro atoms. The average molecular weight is 615 g/mol. The van der Waals surface area contributed by atoms with Crippen molar-refractivity contribution in [2.24, 2.45) is 0 Å². The number of aromatic nitrogens is 2. The fraction of sp³-hybridized carbons (Fsp3) is 0.406. The molecule has 4 amide bonds. The molecule has 2 N–H and O–H groups in total. The number of piperidine rings is 1. The van der Waals surface area contributed by atoms with E-state index >= 15 is 4.39 Å². The SMILES string of the molecule is CO[C@@H](C(=O)N1Cc2[nH]n[c]c2C1N1CCN(Cc2cc3c(cc2F)C(=O)N(C2CCC(=O)NC2=O)C3)CC1)c1ccccc1. The Balaban J connectivity index is 1.03. The molecule has 3 atom stereocenters. The number of methoxy groups -OCH3 is 1. The van der Waals surface area contributed by atoms with Crippen LogP contribution in [-0.2, 0) is 38.8 Å². The monoisotopic (exact) mass is 614 g/mol. The zero-order valence-corrected chi connectivity index (χ0v) is 24.8. The summed E-state index contributed by atoms with van der Waals surface area (Å²) in [6.07, 6.45) is 2.37. The van der Waals surface area contributed by atoms with Crippen molar-refractivity contribution in [2.75, 3.05) is 33.3 Å². The number of H-pyrrole nitrogens is 1. The number of fused-ring (bicyclic) bond motifs is 2. The van der Waals surface area contributed by atoms with E-state index in [0.29, 0.717) is 50.4 Å². The van der Waals surface area contributed by atoms with Gasteiger partial charge in [-0.1, -0.05) is 30.3 Å². The van der Waals surface area contributed by atoms with Gasteiger partial charge in [-0.3, -0.25) is 39.4 Å². The molecule has 3 aromatic rings.